The number of imide groups is 1. The average molecular weight is 444 g/mol. The summed E-state index contributed by atoms with van der Waals surface area (Å²) in [6.07, 6.45) is 0.922. The van der Waals surface area contributed by atoms with Crippen molar-refractivity contribution in [2.24, 2.45) is 0 Å². The third-order valence-electron chi connectivity index (χ3n) is 5.18. The highest BCUT2D eigenvalue weighted by atomic mass is 32.2. The number of benzene rings is 3. The molecule has 0 bridgehead atoms. The molecule has 0 spiro atoms. The molecule has 0 saturated heterocycles. The topological polar surface area (TPSA) is 46.6 Å². The summed E-state index contributed by atoms with van der Waals surface area (Å²) in [5, 5.41) is 0. The number of hydrogen-bond acceptors (Lipinski definition) is 4. The summed E-state index contributed by atoms with van der Waals surface area (Å²) < 4.78 is 5.67. The lowest BCUT2D eigenvalue weighted by atomic mass is 10.1. The molecule has 0 fully saturated rings. The number of nitrogens with zero attached hydrogens (tertiary/aromatic N) is 1. The predicted molar refractivity (Wildman–Crippen MR) is 131 cm³/mol. The summed E-state index contributed by atoms with van der Waals surface area (Å²) in [7, 11) is 0. The maximum Gasteiger partial charge on any atom is 0.272 e. The van der Waals surface area contributed by atoms with Crippen LogP contribution in [-0.2, 0) is 15.3 Å². The summed E-state index contributed by atoms with van der Waals surface area (Å²) >= 11 is 1.41. The number of ether oxygens (including phenoxy) is 1. The van der Waals surface area contributed by atoms with Gasteiger partial charge >= 0.3 is 0 Å². The second kappa shape index (κ2) is 9.88. The van der Waals surface area contributed by atoms with Gasteiger partial charge in [-0.15, -0.1) is 11.8 Å². The van der Waals surface area contributed by atoms with Gasteiger partial charge < -0.3 is 4.74 Å². The van der Waals surface area contributed by atoms with Crippen LogP contribution in [0.25, 0.3) is 5.57 Å². The minimum Gasteiger partial charge on any atom is -0.494 e. The normalized spacial score (nSPS) is 13.8. The van der Waals surface area contributed by atoms with Gasteiger partial charge in [0.15, 0.2) is 0 Å². The molecule has 2 amide bonds. The van der Waals surface area contributed by atoms with Crippen LogP contribution in [0.15, 0.2) is 83.8 Å². The Morgan fingerprint density at radius 3 is 2.19 bits per heavy atom. The van der Waals surface area contributed by atoms with Crippen molar-refractivity contribution in [3.8, 4) is 5.75 Å². The Labute approximate surface area is 192 Å². The Balaban J connectivity index is 1.69. The number of aryl methyl sites for hydroxylation is 1. The lowest BCUT2D eigenvalue weighted by Gasteiger charge is -2.15. The Bertz CT molecular complexity index is 1140. The van der Waals surface area contributed by atoms with E-state index in [0.717, 1.165) is 28.9 Å². The van der Waals surface area contributed by atoms with E-state index in [1.165, 1.54) is 16.7 Å². The zero-order valence-electron chi connectivity index (χ0n) is 18.2. The fraction of sp³-hybridized carbons (Fsp3) is 0.185. The van der Waals surface area contributed by atoms with Crippen molar-refractivity contribution >= 4 is 34.8 Å². The van der Waals surface area contributed by atoms with Gasteiger partial charge in [0.25, 0.3) is 11.8 Å². The van der Waals surface area contributed by atoms with Crippen LogP contribution in [0.3, 0.4) is 0 Å². The van der Waals surface area contributed by atoms with Crippen molar-refractivity contribution < 1.29 is 14.3 Å². The molecule has 4 nitrogen and oxygen atoms in total. The second-order valence-electron chi connectivity index (χ2n) is 7.63. The van der Waals surface area contributed by atoms with Crippen molar-refractivity contribution in [1.82, 2.24) is 0 Å². The lowest BCUT2D eigenvalue weighted by Crippen LogP contribution is -2.31. The highest BCUT2D eigenvalue weighted by Crippen LogP contribution is 2.40. The number of anilines is 1. The summed E-state index contributed by atoms with van der Waals surface area (Å²) in [6.45, 7) is 4.67. The molecular weight excluding hydrogens is 418 g/mol. The standard InChI is InChI=1S/C27H25NO3S/c1-3-17-31-23-15-11-21(12-16-23)24-25(32-18-20-7-5-4-6-8-20)27(30)28(26(24)29)22-13-9-19(2)10-14-22/h4-16H,3,17-18H2,1-2H3. The molecule has 162 valence electrons. The van der Waals surface area contributed by atoms with E-state index in [0.29, 0.717) is 28.5 Å². The fourth-order valence-electron chi connectivity index (χ4n) is 3.49. The molecule has 0 N–H and O–H groups in total. The Morgan fingerprint density at radius 2 is 1.53 bits per heavy atom. The minimum absolute atomic E-state index is 0.277. The van der Waals surface area contributed by atoms with Crippen LogP contribution >= 0.6 is 11.8 Å². The zero-order chi connectivity index (χ0) is 22.5. The van der Waals surface area contributed by atoms with Crippen molar-refractivity contribution in [1.29, 1.82) is 0 Å². The van der Waals surface area contributed by atoms with Crippen LogP contribution in [-0.4, -0.2) is 18.4 Å². The SMILES string of the molecule is CCCOc1ccc(C2=C(SCc3ccccc3)C(=O)N(c3ccc(C)cc3)C2=O)cc1. The number of hydrogen-bond donors (Lipinski definition) is 0. The summed E-state index contributed by atoms with van der Waals surface area (Å²) in [4.78, 5) is 28.7. The maximum absolute atomic E-state index is 13.5. The van der Waals surface area contributed by atoms with E-state index in [1.54, 1.807) is 0 Å². The van der Waals surface area contributed by atoms with Gasteiger partial charge in [0.2, 0.25) is 0 Å². The quantitative estimate of drug-likeness (QED) is 0.401. The third-order valence-corrected chi connectivity index (χ3v) is 6.32. The Kier molecular flexibility index (Phi) is 6.76. The van der Waals surface area contributed by atoms with Gasteiger partial charge in [-0.05, 0) is 48.7 Å². The van der Waals surface area contributed by atoms with Crippen molar-refractivity contribution in [3.63, 3.8) is 0 Å². The molecule has 4 rings (SSSR count). The first-order valence-electron chi connectivity index (χ1n) is 10.7. The molecule has 0 aliphatic carbocycles. The molecule has 0 atom stereocenters. The molecule has 32 heavy (non-hydrogen) atoms. The first-order valence-corrected chi connectivity index (χ1v) is 11.7. The number of carbonyl (C=O) groups excluding carboxylic acids is 2. The van der Waals surface area contributed by atoms with Crippen LogP contribution in [0.1, 0.15) is 30.0 Å². The lowest BCUT2D eigenvalue weighted by molar-refractivity contribution is -0.119. The summed E-state index contributed by atoms with van der Waals surface area (Å²) in [5.74, 6) is 0.789. The second-order valence-corrected chi connectivity index (χ2v) is 8.62. The molecule has 0 unspecified atom stereocenters. The van der Waals surface area contributed by atoms with Gasteiger partial charge in [-0.1, -0.05) is 67.1 Å². The molecule has 0 aromatic heterocycles. The molecule has 0 radical (unpaired) electrons. The highest BCUT2D eigenvalue weighted by Gasteiger charge is 2.40. The van der Waals surface area contributed by atoms with Crippen molar-refractivity contribution in [3.05, 3.63) is 100 Å². The zero-order valence-corrected chi connectivity index (χ0v) is 19.0. The van der Waals surface area contributed by atoms with Crippen LogP contribution in [0.2, 0.25) is 0 Å². The van der Waals surface area contributed by atoms with E-state index >= 15 is 0 Å². The molecule has 1 heterocycles. The van der Waals surface area contributed by atoms with E-state index in [2.05, 4.69) is 6.92 Å². The number of thioether (sulfide) groups is 1. The van der Waals surface area contributed by atoms with E-state index < -0.39 is 0 Å². The third kappa shape index (κ3) is 4.63. The van der Waals surface area contributed by atoms with Gasteiger partial charge in [0, 0.05) is 5.75 Å². The minimum atomic E-state index is -0.295. The van der Waals surface area contributed by atoms with Crippen LogP contribution < -0.4 is 9.64 Å². The average Bonchev–Trinajstić information content (AvgIpc) is 3.07. The molecule has 1 aliphatic rings. The monoisotopic (exact) mass is 443 g/mol. The van der Waals surface area contributed by atoms with Crippen molar-refractivity contribution in [2.75, 3.05) is 11.5 Å². The highest BCUT2D eigenvalue weighted by molar-refractivity contribution is 8.03. The van der Waals surface area contributed by atoms with Gasteiger partial charge in [0.05, 0.1) is 22.8 Å². The number of rotatable bonds is 8. The fourth-order valence-corrected chi connectivity index (χ4v) is 4.56. The Morgan fingerprint density at radius 1 is 0.844 bits per heavy atom. The summed E-state index contributed by atoms with van der Waals surface area (Å²) in [5.41, 5.74) is 3.92. The summed E-state index contributed by atoms with van der Waals surface area (Å²) in [6, 6.07) is 24.8. The van der Waals surface area contributed by atoms with Crippen LogP contribution in [0.4, 0.5) is 5.69 Å². The molecule has 1 aliphatic heterocycles. The largest absolute Gasteiger partial charge is 0.494 e. The first-order chi connectivity index (χ1) is 15.6. The molecule has 3 aromatic carbocycles. The predicted octanol–water partition coefficient (Wildman–Crippen LogP) is 6.00. The van der Waals surface area contributed by atoms with Gasteiger partial charge in [-0.2, -0.15) is 0 Å². The van der Waals surface area contributed by atoms with Crippen LogP contribution in [0.5, 0.6) is 5.75 Å². The number of amides is 2. The van der Waals surface area contributed by atoms with E-state index in [1.807, 2.05) is 85.8 Å². The van der Waals surface area contributed by atoms with Crippen molar-refractivity contribution in [2.45, 2.75) is 26.0 Å². The number of carbonyl (C=O) groups is 2. The van der Waals surface area contributed by atoms with Crippen LogP contribution in [0, 0.1) is 6.92 Å². The maximum atomic E-state index is 13.5. The van der Waals surface area contributed by atoms with Gasteiger partial charge in [-0.25, -0.2) is 4.90 Å². The van der Waals surface area contributed by atoms with Gasteiger partial charge in [0.1, 0.15) is 5.75 Å². The smallest absolute Gasteiger partial charge is 0.272 e. The Hall–Kier alpha value is -3.31. The van der Waals surface area contributed by atoms with E-state index in [4.69, 9.17) is 4.74 Å². The van der Waals surface area contributed by atoms with Gasteiger partial charge in [-0.3, -0.25) is 9.59 Å². The molecule has 5 heteroatoms. The van der Waals surface area contributed by atoms with E-state index in [9.17, 15) is 9.59 Å². The molecular formula is C27H25NO3S. The molecule has 0 saturated carbocycles. The molecule has 3 aromatic rings. The van der Waals surface area contributed by atoms with E-state index in [-0.39, 0.29) is 11.8 Å². The first kappa shape index (κ1) is 21.9.